The zero-order chi connectivity index (χ0) is 18.9. The highest BCUT2D eigenvalue weighted by atomic mass is 19.1. The molecule has 0 saturated heterocycles. The molecule has 3 aliphatic rings. The number of carbonyl (C=O) groups excluding carboxylic acids is 2. The van der Waals surface area contributed by atoms with Gasteiger partial charge in [-0.2, -0.15) is 5.10 Å². The molecule has 27 heavy (non-hydrogen) atoms. The molecule has 1 amide bonds. The number of rotatable bonds is 4. The zero-order valence-corrected chi connectivity index (χ0v) is 14.6. The number of carbonyl (C=O) groups is 2. The minimum absolute atomic E-state index is 0.119. The predicted molar refractivity (Wildman–Crippen MR) is 89.5 cm³/mol. The highest BCUT2D eigenvalue weighted by Crippen LogP contribution is 2.57. The smallest absolute Gasteiger partial charge is 0.331 e. The molecule has 2 aromatic rings. The summed E-state index contributed by atoms with van der Waals surface area (Å²) in [6, 6.07) is 3.30. The van der Waals surface area contributed by atoms with Gasteiger partial charge >= 0.3 is 5.97 Å². The van der Waals surface area contributed by atoms with Gasteiger partial charge in [-0.3, -0.25) is 4.79 Å². The van der Waals surface area contributed by atoms with E-state index in [1.54, 1.807) is 0 Å². The molecule has 0 unspecified atom stereocenters. The molecule has 2 atom stereocenters. The van der Waals surface area contributed by atoms with Gasteiger partial charge in [0.2, 0.25) is 0 Å². The second-order valence-electron chi connectivity index (χ2n) is 7.55. The number of hydrogen-bond acceptors (Lipinski definition) is 4. The van der Waals surface area contributed by atoms with E-state index in [1.807, 2.05) is 0 Å². The average molecular weight is 373 g/mol. The van der Waals surface area contributed by atoms with Crippen molar-refractivity contribution in [2.24, 2.45) is 5.92 Å². The summed E-state index contributed by atoms with van der Waals surface area (Å²) in [5.74, 6) is -1.65. The van der Waals surface area contributed by atoms with Gasteiger partial charge in [0.1, 0.15) is 17.0 Å². The summed E-state index contributed by atoms with van der Waals surface area (Å²) < 4.78 is 33.8. The fraction of sp³-hybridized carbons (Fsp3) is 0.421. The van der Waals surface area contributed by atoms with Crippen molar-refractivity contribution in [3.8, 4) is 5.69 Å². The molecule has 0 radical (unpaired) electrons. The first-order valence-corrected chi connectivity index (χ1v) is 8.91. The fourth-order valence-corrected chi connectivity index (χ4v) is 4.11. The van der Waals surface area contributed by atoms with Crippen molar-refractivity contribution in [2.75, 3.05) is 7.11 Å². The van der Waals surface area contributed by atoms with Crippen molar-refractivity contribution < 1.29 is 23.1 Å². The van der Waals surface area contributed by atoms with E-state index in [2.05, 4.69) is 10.4 Å². The van der Waals surface area contributed by atoms with Gasteiger partial charge in [0, 0.05) is 17.5 Å². The Balaban J connectivity index is 1.54. The van der Waals surface area contributed by atoms with Crippen LogP contribution in [0.4, 0.5) is 8.78 Å². The molecule has 3 aliphatic carbocycles. The van der Waals surface area contributed by atoms with Crippen LogP contribution < -0.4 is 5.32 Å². The van der Waals surface area contributed by atoms with Gasteiger partial charge in [0.05, 0.1) is 12.8 Å². The third-order valence-corrected chi connectivity index (χ3v) is 5.80. The minimum atomic E-state index is -0.981. The molecule has 0 aliphatic heterocycles. The van der Waals surface area contributed by atoms with Gasteiger partial charge < -0.3 is 10.1 Å². The van der Waals surface area contributed by atoms with E-state index in [0.717, 1.165) is 23.7 Å². The summed E-state index contributed by atoms with van der Waals surface area (Å²) in [5.41, 5.74) is 0.951. The fourth-order valence-electron chi connectivity index (χ4n) is 4.11. The van der Waals surface area contributed by atoms with E-state index in [4.69, 9.17) is 4.74 Å². The van der Waals surface area contributed by atoms with E-state index in [9.17, 15) is 18.4 Å². The van der Waals surface area contributed by atoms with Crippen molar-refractivity contribution in [3.05, 3.63) is 46.8 Å². The zero-order valence-electron chi connectivity index (χ0n) is 14.6. The second-order valence-corrected chi connectivity index (χ2v) is 7.55. The third-order valence-electron chi connectivity index (χ3n) is 5.80. The number of methoxy groups -OCH3 is 1. The summed E-state index contributed by atoms with van der Waals surface area (Å²) in [6.07, 6.45) is 2.73. The Morgan fingerprint density at radius 3 is 2.78 bits per heavy atom. The Morgan fingerprint density at radius 1 is 1.33 bits per heavy atom. The highest BCUT2D eigenvalue weighted by molar-refractivity contribution is 5.99. The van der Waals surface area contributed by atoms with Gasteiger partial charge in [-0.25, -0.2) is 18.3 Å². The van der Waals surface area contributed by atoms with Crippen molar-refractivity contribution in [1.29, 1.82) is 0 Å². The van der Waals surface area contributed by atoms with E-state index in [-0.39, 0.29) is 17.3 Å². The van der Waals surface area contributed by atoms with Gasteiger partial charge in [0.25, 0.3) is 5.91 Å². The number of amides is 1. The number of nitrogens with zero attached hydrogens (tertiary/aromatic N) is 2. The predicted octanol–water partition coefficient (Wildman–Crippen LogP) is 2.25. The summed E-state index contributed by atoms with van der Waals surface area (Å²) in [6.45, 7) is 0. The lowest BCUT2D eigenvalue weighted by atomic mass is 10.1. The molecule has 1 aromatic carbocycles. The van der Waals surface area contributed by atoms with Crippen LogP contribution in [0.2, 0.25) is 0 Å². The van der Waals surface area contributed by atoms with Crippen LogP contribution in [0.15, 0.2) is 18.2 Å². The SMILES string of the molecule is COC(=O)C1(NC(=O)c2nn(-c3ccc(F)cc3F)c3c2C[C@H]2C[C@@H]32)CC1. The maximum absolute atomic E-state index is 14.3. The molecule has 6 nitrogen and oxygen atoms in total. The summed E-state index contributed by atoms with van der Waals surface area (Å²) in [7, 11) is 1.28. The Morgan fingerprint density at radius 2 is 2.11 bits per heavy atom. The van der Waals surface area contributed by atoms with E-state index >= 15 is 0 Å². The molecule has 1 N–H and O–H groups in total. The Bertz CT molecular complexity index is 996. The first-order valence-electron chi connectivity index (χ1n) is 8.91. The molecule has 0 spiro atoms. The molecule has 140 valence electrons. The van der Waals surface area contributed by atoms with E-state index in [0.29, 0.717) is 25.2 Å². The topological polar surface area (TPSA) is 73.2 Å². The molecule has 1 aromatic heterocycles. The number of benzene rings is 1. The number of ether oxygens (including phenoxy) is 1. The standard InChI is InChI=1S/C19H17F2N3O3/c1-27-18(26)19(4-5-19)22-17(25)15-12-7-9-6-11(9)16(12)24(23-15)14-3-2-10(20)8-13(14)21/h2-3,8-9,11H,4-7H2,1H3,(H,22,25)/t9-,11-/m1/s1. The van der Waals surface area contributed by atoms with Crippen LogP contribution >= 0.6 is 0 Å². The summed E-state index contributed by atoms with van der Waals surface area (Å²) in [5, 5.41) is 7.10. The maximum Gasteiger partial charge on any atom is 0.331 e. The van der Waals surface area contributed by atoms with Crippen LogP contribution in [0.1, 0.15) is 46.9 Å². The van der Waals surface area contributed by atoms with Gasteiger partial charge in [-0.1, -0.05) is 0 Å². The molecular formula is C19H17F2N3O3. The average Bonchev–Trinajstić information content (AvgIpc) is 3.51. The summed E-state index contributed by atoms with van der Waals surface area (Å²) in [4.78, 5) is 24.7. The lowest BCUT2D eigenvalue weighted by molar-refractivity contribution is -0.144. The Kier molecular flexibility index (Phi) is 3.26. The lowest BCUT2D eigenvalue weighted by Crippen LogP contribution is -2.44. The van der Waals surface area contributed by atoms with Crippen molar-refractivity contribution in [3.63, 3.8) is 0 Å². The van der Waals surface area contributed by atoms with Crippen molar-refractivity contribution >= 4 is 11.9 Å². The van der Waals surface area contributed by atoms with Crippen LogP contribution in [-0.2, 0) is 16.0 Å². The van der Waals surface area contributed by atoms with E-state index in [1.165, 1.54) is 23.9 Å². The molecular weight excluding hydrogens is 356 g/mol. The minimum Gasteiger partial charge on any atom is -0.467 e. The maximum atomic E-state index is 14.3. The summed E-state index contributed by atoms with van der Waals surface area (Å²) >= 11 is 0. The molecule has 0 bridgehead atoms. The molecule has 5 rings (SSSR count). The first kappa shape index (κ1) is 16.4. The lowest BCUT2D eigenvalue weighted by Gasteiger charge is -2.14. The second kappa shape index (κ2) is 5.37. The van der Waals surface area contributed by atoms with Crippen LogP contribution in [0.5, 0.6) is 0 Å². The quantitative estimate of drug-likeness (QED) is 0.835. The molecule has 8 heteroatoms. The largest absolute Gasteiger partial charge is 0.467 e. The van der Waals surface area contributed by atoms with Crippen LogP contribution in [0.3, 0.4) is 0 Å². The first-order chi connectivity index (χ1) is 12.9. The van der Waals surface area contributed by atoms with Crippen LogP contribution in [0.25, 0.3) is 5.69 Å². The molecule has 2 saturated carbocycles. The number of hydrogen-bond donors (Lipinski definition) is 1. The third kappa shape index (κ3) is 2.39. The van der Waals surface area contributed by atoms with E-state index < -0.39 is 29.0 Å². The molecule has 1 heterocycles. The van der Waals surface area contributed by atoms with Gasteiger partial charge in [-0.05, 0) is 43.7 Å². The number of halogens is 2. The monoisotopic (exact) mass is 373 g/mol. The van der Waals surface area contributed by atoms with Crippen molar-refractivity contribution in [1.82, 2.24) is 15.1 Å². The Hall–Kier alpha value is -2.77. The van der Waals surface area contributed by atoms with Gasteiger partial charge in [-0.15, -0.1) is 0 Å². The number of fused-ring (bicyclic) bond motifs is 3. The number of aromatic nitrogens is 2. The van der Waals surface area contributed by atoms with Gasteiger partial charge in [0.15, 0.2) is 11.5 Å². The number of esters is 1. The Labute approximate surface area is 153 Å². The number of nitrogens with one attached hydrogen (secondary N) is 1. The molecule has 2 fully saturated rings. The van der Waals surface area contributed by atoms with Crippen LogP contribution in [0, 0.1) is 17.6 Å². The highest BCUT2D eigenvalue weighted by Gasteiger charge is 2.54. The van der Waals surface area contributed by atoms with Crippen molar-refractivity contribution in [2.45, 2.75) is 37.1 Å². The van der Waals surface area contributed by atoms with Crippen LogP contribution in [-0.4, -0.2) is 34.3 Å². The normalized spacial score (nSPS) is 23.4.